The van der Waals surface area contributed by atoms with Gasteiger partial charge in [0.15, 0.2) is 0 Å². The molecule has 0 bridgehead atoms. The van der Waals surface area contributed by atoms with Gasteiger partial charge in [0.25, 0.3) is 5.56 Å². The zero-order chi connectivity index (χ0) is 30.5. The molecule has 0 saturated carbocycles. The van der Waals surface area contributed by atoms with E-state index in [1.807, 2.05) is 0 Å². The van der Waals surface area contributed by atoms with E-state index >= 15 is 0 Å². The van der Waals surface area contributed by atoms with E-state index < -0.39 is 53.4 Å². The molecule has 41 heavy (non-hydrogen) atoms. The molecule has 1 atom stereocenters. The van der Waals surface area contributed by atoms with Crippen molar-refractivity contribution in [1.82, 2.24) is 9.13 Å². The molecule has 0 amide bonds. The fraction of sp³-hybridized carbons (Fsp3) is 0.179. The Morgan fingerprint density at radius 2 is 1.37 bits per heavy atom. The summed E-state index contributed by atoms with van der Waals surface area (Å²) >= 11 is 0. The van der Waals surface area contributed by atoms with E-state index in [1.54, 1.807) is 36.4 Å². The highest BCUT2D eigenvalue weighted by atomic mass is 19.4. The number of nitrogens with zero attached hydrogens (tertiary/aromatic N) is 2. The summed E-state index contributed by atoms with van der Waals surface area (Å²) in [5, 5.41) is 7.12. The second kappa shape index (κ2) is 12.7. The van der Waals surface area contributed by atoms with Gasteiger partial charge in [-0.3, -0.25) is 13.9 Å². The fourth-order valence-corrected chi connectivity index (χ4v) is 3.97. The van der Waals surface area contributed by atoms with Crippen LogP contribution in [0.5, 0.6) is 0 Å². The third-order valence-electron chi connectivity index (χ3n) is 6.06. The number of halogens is 6. The molecule has 0 saturated heterocycles. The lowest BCUT2D eigenvalue weighted by atomic mass is 10.0. The van der Waals surface area contributed by atoms with Crippen LogP contribution in [0.4, 0.5) is 26.3 Å². The zero-order valence-corrected chi connectivity index (χ0v) is 21.3. The van der Waals surface area contributed by atoms with E-state index in [4.69, 9.17) is 15.6 Å². The maximum Gasteiger partial charge on any atom is 0.490 e. The van der Waals surface area contributed by atoms with Crippen LogP contribution in [0, 0.1) is 24.4 Å². The minimum absolute atomic E-state index is 0.0187. The number of aromatic nitrogens is 2. The lowest BCUT2D eigenvalue weighted by Gasteiger charge is -2.20. The van der Waals surface area contributed by atoms with Gasteiger partial charge >= 0.3 is 17.8 Å². The van der Waals surface area contributed by atoms with Gasteiger partial charge in [0.2, 0.25) is 0 Å². The summed E-state index contributed by atoms with van der Waals surface area (Å²) < 4.78 is 77.2. The maximum atomic E-state index is 14.7. The Morgan fingerprint density at radius 3 is 1.90 bits per heavy atom. The quantitative estimate of drug-likeness (QED) is 0.320. The zero-order valence-electron chi connectivity index (χ0n) is 21.3. The molecule has 0 spiro atoms. The first-order chi connectivity index (χ1) is 19.2. The number of carbonyl (C=O) groups is 1. The molecule has 0 aliphatic rings. The molecule has 1 heterocycles. The van der Waals surface area contributed by atoms with Crippen molar-refractivity contribution in [2.24, 2.45) is 5.73 Å². The van der Waals surface area contributed by atoms with Crippen LogP contribution in [0.3, 0.4) is 0 Å². The predicted octanol–water partition coefficient (Wildman–Crippen LogP) is 4.78. The van der Waals surface area contributed by atoms with E-state index in [1.165, 1.54) is 31.2 Å². The van der Waals surface area contributed by atoms with Crippen LogP contribution in [0.15, 0.2) is 82.4 Å². The largest absolute Gasteiger partial charge is 0.490 e. The summed E-state index contributed by atoms with van der Waals surface area (Å²) in [7, 11) is 0. The molecule has 0 fully saturated rings. The normalized spacial score (nSPS) is 11.9. The Kier molecular flexibility index (Phi) is 9.55. The van der Waals surface area contributed by atoms with Crippen molar-refractivity contribution in [1.29, 1.82) is 0 Å². The molecule has 4 rings (SSSR count). The summed E-state index contributed by atoms with van der Waals surface area (Å²) in [6.45, 7) is 0.763. The minimum Gasteiger partial charge on any atom is -0.475 e. The Bertz CT molecular complexity index is 1650. The predicted molar refractivity (Wildman–Crippen MR) is 138 cm³/mol. The Morgan fingerprint density at radius 1 is 0.854 bits per heavy atom. The summed E-state index contributed by atoms with van der Waals surface area (Å²) in [4.78, 5) is 35.7. The number of rotatable bonds is 6. The van der Waals surface area contributed by atoms with Crippen molar-refractivity contribution >= 4 is 5.97 Å². The molecule has 7 nitrogen and oxygen atoms in total. The van der Waals surface area contributed by atoms with Gasteiger partial charge in [0.05, 0.1) is 18.7 Å². The van der Waals surface area contributed by atoms with E-state index in [0.717, 1.165) is 21.3 Å². The molecule has 3 aromatic carbocycles. The minimum atomic E-state index is -5.08. The molecule has 0 radical (unpaired) electrons. The van der Waals surface area contributed by atoms with E-state index in [0.29, 0.717) is 5.56 Å². The third-order valence-corrected chi connectivity index (χ3v) is 6.06. The number of nitrogens with two attached hydrogens (primary N) is 1. The average Bonchev–Trinajstić information content (AvgIpc) is 2.92. The third kappa shape index (κ3) is 7.11. The van der Waals surface area contributed by atoms with Crippen LogP contribution in [0.25, 0.3) is 11.1 Å². The molecule has 216 valence electrons. The summed E-state index contributed by atoms with van der Waals surface area (Å²) in [6.07, 6.45) is -5.08. The molecule has 0 unspecified atom stereocenters. The smallest absolute Gasteiger partial charge is 0.475 e. The van der Waals surface area contributed by atoms with Crippen LogP contribution in [-0.2, 0) is 17.9 Å². The molecular weight excluding hydrogens is 556 g/mol. The van der Waals surface area contributed by atoms with Gasteiger partial charge in [0, 0.05) is 22.9 Å². The summed E-state index contributed by atoms with van der Waals surface area (Å²) in [5.74, 6) is -5.09. The highest BCUT2D eigenvalue weighted by Crippen LogP contribution is 2.23. The number of benzene rings is 3. The van der Waals surface area contributed by atoms with Gasteiger partial charge in [-0.25, -0.2) is 22.8 Å². The molecule has 3 N–H and O–H groups in total. The highest BCUT2D eigenvalue weighted by molar-refractivity contribution is 5.73. The second-order valence-electron chi connectivity index (χ2n) is 8.75. The van der Waals surface area contributed by atoms with E-state index in [2.05, 4.69) is 0 Å². The molecule has 0 aliphatic carbocycles. The first-order valence-corrected chi connectivity index (χ1v) is 11.9. The van der Waals surface area contributed by atoms with Gasteiger partial charge in [0.1, 0.15) is 17.5 Å². The van der Waals surface area contributed by atoms with Crippen molar-refractivity contribution in [3.8, 4) is 11.1 Å². The lowest BCUT2D eigenvalue weighted by Crippen LogP contribution is -2.44. The number of carboxylic acid groups (broad SMARTS) is 1. The number of hydrogen-bond donors (Lipinski definition) is 2. The first kappa shape index (κ1) is 30.9. The molecule has 1 aromatic heterocycles. The number of carboxylic acids is 1. The molecule has 0 aliphatic heterocycles. The molecule has 13 heteroatoms. The average molecular weight is 579 g/mol. The van der Waals surface area contributed by atoms with Crippen molar-refractivity contribution in [2.45, 2.75) is 32.2 Å². The van der Waals surface area contributed by atoms with Crippen LogP contribution >= 0.6 is 0 Å². The highest BCUT2D eigenvalue weighted by Gasteiger charge is 2.38. The molecular formula is C28H23F6N3O4. The topological polar surface area (TPSA) is 107 Å². The number of alkyl halides is 3. The molecule has 4 aromatic rings. The monoisotopic (exact) mass is 579 g/mol. The van der Waals surface area contributed by atoms with Crippen molar-refractivity contribution in [2.75, 3.05) is 0 Å². The van der Waals surface area contributed by atoms with Gasteiger partial charge in [-0.05, 0) is 30.7 Å². The second-order valence-corrected chi connectivity index (χ2v) is 8.75. The summed E-state index contributed by atoms with van der Waals surface area (Å²) in [6, 6.07) is 17.2. The Balaban J connectivity index is 0.000000587. The van der Waals surface area contributed by atoms with Crippen LogP contribution in [-0.4, -0.2) is 26.4 Å². The van der Waals surface area contributed by atoms with Gasteiger partial charge < -0.3 is 10.8 Å². The maximum absolute atomic E-state index is 14.7. The van der Waals surface area contributed by atoms with Gasteiger partial charge in [-0.15, -0.1) is 0 Å². The van der Waals surface area contributed by atoms with E-state index in [-0.39, 0.29) is 28.9 Å². The van der Waals surface area contributed by atoms with Crippen molar-refractivity contribution in [3.05, 3.63) is 128 Å². The van der Waals surface area contributed by atoms with Crippen molar-refractivity contribution in [3.63, 3.8) is 0 Å². The first-order valence-electron chi connectivity index (χ1n) is 11.9. The Labute approximate surface area is 228 Å². The summed E-state index contributed by atoms with van der Waals surface area (Å²) in [5.41, 5.74) is 5.09. The van der Waals surface area contributed by atoms with Gasteiger partial charge in [-0.2, -0.15) is 13.2 Å². The van der Waals surface area contributed by atoms with E-state index in [9.17, 15) is 35.9 Å². The van der Waals surface area contributed by atoms with Crippen LogP contribution < -0.4 is 17.0 Å². The van der Waals surface area contributed by atoms with Gasteiger partial charge in [-0.1, -0.05) is 54.6 Å². The Hall–Kier alpha value is -4.65. The number of hydrogen-bond acceptors (Lipinski definition) is 4. The lowest BCUT2D eigenvalue weighted by molar-refractivity contribution is -0.192. The van der Waals surface area contributed by atoms with Crippen molar-refractivity contribution < 1.29 is 36.2 Å². The fourth-order valence-electron chi connectivity index (χ4n) is 3.97. The van der Waals surface area contributed by atoms with Crippen LogP contribution in [0.1, 0.15) is 22.9 Å². The standard InChI is InChI=1S/C26H22F3N3O2.C2HF3O2/c1-16-24(18-10-5-6-11-20(18)27)25(33)32(15-23(30)17-8-3-2-4-9-17)26(34)31(16)14-19-21(28)12-7-13-22(19)29;3-2(4,5)1(6)7/h2-13,23H,14-15,30H2,1H3;(H,6,7)/t23-;/m0./s1. The number of aliphatic carboxylic acids is 1. The van der Waals surface area contributed by atoms with Crippen LogP contribution in [0.2, 0.25) is 0 Å². The SMILES string of the molecule is Cc1c(-c2ccccc2F)c(=O)n(C[C@H](N)c2ccccc2)c(=O)n1Cc1c(F)cccc1F.O=C(O)C(F)(F)F.